The van der Waals surface area contributed by atoms with Gasteiger partial charge >= 0.3 is 0 Å². The number of hydrogen-bond acceptors (Lipinski definition) is 6. The van der Waals surface area contributed by atoms with E-state index in [-0.39, 0.29) is 29.3 Å². The van der Waals surface area contributed by atoms with Crippen LogP contribution in [0.3, 0.4) is 0 Å². The normalized spacial score (nSPS) is 17.1. The van der Waals surface area contributed by atoms with E-state index in [4.69, 9.17) is 16.3 Å². The largest absolute Gasteiger partial charge is 0.493 e. The molecule has 30 heavy (non-hydrogen) atoms. The van der Waals surface area contributed by atoms with Gasteiger partial charge in [-0.15, -0.1) is 0 Å². The van der Waals surface area contributed by atoms with Crippen LogP contribution in [-0.2, 0) is 4.79 Å². The number of nitrogens with zero attached hydrogens (tertiary/aromatic N) is 3. The molecule has 9 heteroatoms. The number of pyridine rings is 1. The molecule has 0 spiro atoms. The number of carbonyl (C=O) groups is 1. The van der Waals surface area contributed by atoms with Crippen molar-refractivity contribution in [3.8, 4) is 5.75 Å². The second kappa shape index (κ2) is 8.39. The highest BCUT2D eigenvalue weighted by Crippen LogP contribution is 2.42. The van der Waals surface area contributed by atoms with E-state index in [2.05, 4.69) is 25.6 Å². The van der Waals surface area contributed by atoms with Gasteiger partial charge in [0.05, 0.1) is 23.2 Å². The number of carbonyl (C=O) groups excluding carboxylic acids is 1. The van der Waals surface area contributed by atoms with Gasteiger partial charge in [0.15, 0.2) is 5.82 Å². The fourth-order valence-electron chi connectivity index (χ4n) is 3.73. The predicted octanol–water partition coefficient (Wildman–Crippen LogP) is 3.99. The molecule has 2 N–H and O–H groups in total. The monoisotopic (exact) mass is 429 g/mol. The average Bonchev–Trinajstić information content (AvgIpc) is 3.17. The fourth-order valence-corrected chi connectivity index (χ4v) is 3.95. The maximum absolute atomic E-state index is 15.0. The Morgan fingerprint density at radius 3 is 2.97 bits per heavy atom. The van der Waals surface area contributed by atoms with E-state index >= 15 is 4.39 Å². The lowest BCUT2D eigenvalue weighted by Gasteiger charge is -2.24. The second-order valence-electron chi connectivity index (χ2n) is 7.10. The van der Waals surface area contributed by atoms with Gasteiger partial charge in [0.2, 0.25) is 5.91 Å². The minimum Gasteiger partial charge on any atom is -0.493 e. The topological polar surface area (TPSA) is 89.0 Å². The first-order valence-electron chi connectivity index (χ1n) is 9.73. The molecule has 0 aliphatic carbocycles. The van der Waals surface area contributed by atoms with Gasteiger partial charge in [-0.3, -0.25) is 9.78 Å². The van der Waals surface area contributed by atoms with Crippen LogP contribution < -0.4 is 15.4 Å². The van der Waals surface area contributed by atoms with Crippen LogP contribution in [-0.4, -0.2) is 34.0 Å². The lowest BCUT2D eigenvalue weighted by atomic mass is 9.92. The molecule has 1 aliphatic rings. The van der Waals surface area contributed by atoms with Crippen molar-refractivity contribution < 1.29 is 13.9 Å². The van der Waals surface area contributed by atoms with Crippen LogP contribution >= 0.6 is 11.6 Å². The highest BCUT2D eigenvalue weighted by Gasteiger charge is 2.32. The minimum atomic E-state index is -0.549. The van der Waals surface area contributed by atoms with Crippen molar-refractivity contribution in [3.63, 3.8) is 0 Å². The van der Waals surface area contributed by atoms with Crippen molar-refractivity contribution in [2.24, 2.45) is 0 Å². The first-order valence-corrected chi connectivity index (χ1v) is 10.1. The van der Waals surface area contributed by atoms with Crippen molar-refractivity contribution in [3.05, 3.63) is 52.7 Å². The van der Waals surface area contributed by atoms with E-state index < -0.39 is 5.82 Å². The Balaban J connectivity index is 1.77. The predicted molar refractivity (Wildman–Crippen MR) is 112 cm³/mol. The molecule has 1 saturated heterocycles. The number of nitrogens with one attached hydrogen (secondary N) is 2. The Morgan fingerprint density at radius 1 is 1.40 bits per heavy atom. The molecular weight excluding hydrogens is 409 g/mol. The summed E-state index contributed by atoms with van der Waals surface area (Å²) < 4.78 is 20.9. The zero-order valence-corrected chi connectivity index (χ0v) is 17.3. The number of anilines is 1. The van der Waals surface area contributed by atoms with Crippen molar-refractivity contribution in [2.75, 3.05) is 18.5 Å². The molecule has 1 aromatic carbocycles. The van der Waals surface area contributed by atoms with Crippen molar-refractivity contribution in [2.45, 2.75) is 32.2 Å². The molecule has 1 fully saturated rings. The molecule has 3 heterocycles. The number of benzene rings is 1. The van der Waals surface area contributed by atoms with Gasteiger partial charge in [-0.25, -0.2) is 14.4 Å². The summed E-state index contributed by atoms with van der Waals surface area (Å²) >= 11 is 6.25. The second-order valence-corrected chi connectivity index (χ2v) is 7.51. The van der Waals surface area contributed by atoms with Gasteiger partial charge < -0.3 is 15.4 Å². The molecule has 156 valence electrons. The van der Waals surface area contributed by atoms with Crippen LogP contribution in [0.1, 0.15) is 43.4 Å². The zero-order chi connectivity index (χ0) is 21.3. The summed E-state index contributed by atoms with van der Waals surface area (Å²) in [6.45, 7) is 4.43. The van der Waals surface area contributed by atoms with E-state index in [1.54, 1.807) is 18.3 Å². The van der Waals surface area contributed by atoms with E-state index in [1.807, 2.05) is 19.9 Å². The molecule has 3 aromatic rings. The quantitative estimate of drug-likeness (QED) is 0.615. The van der Waals surface area contributed by atoms with Gasteiger partial charge in [-0.1, -0.05) is 11.6 Å². The van der Waals surface area contributed by atoms with Crippen molar-refractivity contribution in [1.29, 1.82) is 0 Å². The van der Waals surface area contributed by atoms with Crippen LogP contribution in [0.5, 0.6) is 5.75 Å². The lowest BCUT2D eigenvalue weighted by molar-refractivity contribution is -0.119. The summed E-state index contributed by atoms with van der Waals surface area (Å²) in [5.74, 6) is -0.0486. The van der Waals surface area contributed by atoms with Gasteiger partial charge in [0, 0.05) is 36.2 Å². The SMILES string of the molecule is CCOc1c([C@@H](C)Nc2ncnc3cccnc23)cc(Cl)c(F)c1C1CNC(=O)C1. The highest BCUT2D eigenvalue weighted by molar-refractivity contribution is 6.31. The maximum atomic E-state index is 15.0. The summed E-state index contributed by atoms with van der Waals surface area (Å²) in [5, 5.41) is 6.05. The number of hydrogen-bond donors (Lipinski definition) is 2. The molecule has 4 rings (SSSR count). The first kappa shape index (κ1) is 20.3. The van der Waals surface area contributed by atoms with Crippen LogP contribution in [0.4, 0.5) is 10.2 Å². The van der Waals surface area contributed by atoms with Gasteiger partial charge in [-0.05, 0) is 32.0 Å². The lowest BCUT2D eigenvalue weighted by Crippen LogP contribution is -2.16. The Bertz CT molecular complexity index is 1100. The molecular formula is C21H21ClFN5O2. The van der Waals surface area contributed by atoms with Crippen molar-refractivity contribution in [1.82, 2.24) is 20.3 Å². The number of ether oxygens (including phenoxy) is 1. The molecule has 0 radical (unpaired) electrons. The summed E-state index contributed by atoms with van der Waals surface area (Å²) in [4.78, 5) is 24.6. The summed E-state index contributed by atoms with van der Waals surface area (Å²) in [5.41, 5.74) is 2.35. The smallest absolute Gasteiger partial charge is 0.220 e. The van der Waals surface area contributed by atoms with E-state index in [0.717, 1.165) is 0 Å². The number of rotatable bonds is 6. The standard InChI is InChI=1S/C21H21ClFN5O2/c1-3-30-20-13(8-14(22)18(23)17(20)12-7-16(29)25-9-12)11(2)28-21-19-15(26-10-27-21)5-4-6-24-19/h4-6,8,10-12H,3,7,9H2,1-2H3,(H,25,29)(H,26,27,28)/t11-,12?/m1/s1. The Kier molecular flexibility index (Phi) is 5.67. The molecule has 0 saturated carbocycles. The minimum absolute atomic E-state index is 0.0119. The molecule has 1 amide bonds. The highest BCUT2D eigenvalue weighted by atomic mass is 35.5. The van der Waals surface area contributed by atoms with Crippen LogP contribution in [0.25, 0.3) is 11.0 Å². The van der Waals surface area contributed by atoms with Gasteiger partial charge in [0.1, 0.15) is 23.4 Å². The third kappa shape index (κ3) is 3.75. The van der Waals surface area contributed by atoms with Crippen molar-refractivity contribution >= 4 is 34.4 Å². The average molecular weight is 430 g/mol. The molecule has 2 atom stereocenters. The molecule has 1 unspecified atom stereocenters. The number of halogens is 2. The molecule has 1 aliphatic heterocycles. The molecule has 2 aromatic heterocycles. The Morgan fingerprint density at radius 2 is 2.23 bits per heavy atom. The third-order valence-corrected chi connectivity index (χ3v) is 5.40. The number of aromatic nitrogens is 3. The number of fused-ring (bicyclic) bond motifs is 1. The van der Waals surface area contributed by atoms with Gasteiger partial charge in [0.25, 0.3) is 0 Å². The Labute approximate surface area is 178 Å². The number of amides is 1. The van der Waals surface area contributed by atoms with E-state index in [1.165, 1.54) is 6.33 Å². The third-order valence-electron chi connectivity index (χ3n) is 5.12. The summed E-state index contributed by atoms with van der Waals surface area (Å²) in [6, 6.07) is 4.89. The molecule has 7 nitrogen and oxygen atoms in total. The van der Waals surface area contributed by atoms with Crippen LogP contribution in [0.15, 0.2) is 30.7 Å². The maximum Gasteiger partial charge on any atom is 0.220 e. The van der Waals surface area contributed by atoms with Crippen LogP contribution in [0.2, 0.25) is 5.02 Å². The van der Waals surface area contributed by atoms with E-state index in [9.17, 15) is 4.79 Å². The van der Waals surface area contributed by atoms with E-state index in [0.29, 0.717) is 46.9 Å². The fraction of sp³-hybridized carbons (Fsp3) is 0.333. The first-order chi connectivity index (χ1) is 14.5. The van der Waals surface area contributed by atoms with Gasteiger partial charge in [-0.2, -0.15) is 0 Å². The summed E-state index contributed by atoms with van der Waals surface area (Å²) in [7, 11) is 0. The zero-order valence-electron chi connectivity index (χ0n) is 16.6. The summed E-state index contributed by atoms with van der Waals surface area (Å²) in [6.07, 6.45) is 3.32. The van der Waals surface area contributed by atoms with Crippen LogP contribution in [0, 0.1) is 5.82 Å². The Hall–Kier alpha value is -3.00. The molecule has 0 bridgehead atoms.